The monoisotopic (exact) mass is 269 g/mol. The van der Waals surface area contributed by atoms with Crippen molar-refractivity contribution in [3.8, 4) is 0 Å². The van der Waals surface area contributed by atoms with Gasteiger partial charge >= 0.3 is 5.97 Å². The minimum atomic E-state index is -0.277. The molecule has 0 N–H and O–H groups in total. The van der Waals surface area contributed by atoms with Gasteiger partial charge in [0.05, 0.1) is 25.0 Å². The fraction of sp³-hybridized carbons (Fsp3) is 0.500. The molecule has 1 aliphatic rings. The molecule has 0 bridgehead atoms. The van der Waals surface area contributed by atoms with E-state index in [2.05, 4.69) is 0 Å². The van der Waals surface area contributed by atoms with Crippen molar-refractivity contribution in [3.63, 3.8) is 0 Å². The zero-order chi connectivity index (χ0) is 13.0. The summed E-state index contributed by atoms with van der Waals surface area (Å²) >= 11 is 1.51. The van der Waals surface area contributed by atoms with Gasteiger partial charge in [0, 0.05) is 6.54 Å². The molecule has 5 nitrogen and oxygen atoms in total. The molecule has 98 valence electrons. The highest BCUT2D eigenvalue weighted by atomic mass is 32.2. The number of furan rings is 1. The van der Waals surface area contributed by atoms with Crippen molar-refractivity contribution in [3.05, 3.63) is 24.2 Å². The molecule has 0 spiro atoms. The Balaban J connectivity index is 1.96. The lowest BCUT2D eigenvalue weighted by molar-refractivity contribution is -0.144. The molecular weight excluding hydrogens is 254 g/mol. The van der Waals surface area contributed by atoms with Crippen LogP contribution in [-0.4, -0.2) is 35.7 Å². The zero-order valence-electron chi connectivity index (χ0n) is 10.1. The molecule has 2 heterocycles. The first-order chi connectivity index (χ1) is 8.72. The topological polar surface area (TPSA) is 59.8 Å². The molecule has 0 saturated carbocycles. The van der Waals surface area contributed by atoms with Gasteiger partial charge in [0.1, 0.15) is 11.1 Å². The van der Waals surface area contributed by atoms with Gasteiger partial charge in [-0.15, -0.1) is 11.8 Å². The van der Waals surface area contributed by atoms with Gasteiger partial charge in [0.25, 0.3) is 0 Å². The zero-order valence-corrected chi connectivity index (χ0v) is 10.9. The SMILES string of the molecule is CCOC(=O)CCN1C(=O)CSC1c1ccco1. The maximum Gasteiger partial charge on any atom is 0.307 e. The number of carbonyl (C=O) groups is 2. The Morgan fingerprint density at radius 2 is 2.50 bits per heavy atom. The molecule has 18 heavy (non-hydrogen) atoms. The number of amides is 1. The van der Waals surface area contributed by atoms with Crippen LogP contribution in [0.15, 0.2) is 22.8 Å². The summed E-state index contributed by atoms with van der Waals surface area (Å²) in [5.41, 5.74) is 0. The Kier molecular flexibility index (Phi) is 4.30. The Bertz CT molecular complexity index is 418. The number of rotatable bonds is 5. The molecule has 1 aliphatic heterocycles. The van der Waals surface area contributed by atoms with Crippen molar-refractivity contribution in [2.45, 2.75) is 18.7 Å². The number of esters is 1. The first-order valence-corrected chi connectivity index (χ1v) is 6.87. The third-order valence-electron chi connectivity index (χ3n) is 2.62. The van der Waals surface area contributed by atoms with Gasteiger partial charge in [-0.25, -0.2) is 0 Å². The lowest BCUT2D eigenvalue weighted by Crippen LogP contribution is -2.30. The van der Waals surface area contributed by atoms with Crippen molar-refractivity contribution in [1.29, 1.82) is 0 Å². The van der Waals surface area contributed by atoms with Gasteiger partial charge in [0.2, 0.25) is 5.91 Å². The van der Waals surface area contributed by atoms with Crippen LogP contribution in [0.1, 0.15) is 24.5 Å². The molecule has 1 fully saturated rings. The Morgan fingerprint density at radius 3 is 3.17 bits per heavy atom. The van der Waals surface area contributed by atoms with Gasteiger partial charge in [-0.05, 0) is 19.1 Å². The largest absolute Gasteiger partial charge is 0.466 e. The van der Waals surface area contributed by atoms with E-state index in [4.69, 9.17) is 9.15 Å². The molecule has 1 saturated heterocycles. The first kappa shape index (κ1) is 13.0. The van der Waals surface area contributed by atoms with Crippen LogP contribution in [0.2, 0.25) is 0 Å². The standard InChI is InChI=1S/C12H15NO4S/c1-2-16-11(15)5-6-13-10(14)8-18-12(13)9-4-3-7-17-9/h3-4,7,12H,2,5-6,8H2,1H3. The summed E-state index contributed by atoms with van der Waals surface area (Å²) in [6, 6.07) is 3.63. The summed E-state index contributed by atoms with van der Waals surface area (Å²) < 4.78 is 10.2. The van der Waals surface area contributed by atoms with E-state index in [-0.39, 0.29) is 23.7 Å². The van der Waals surface area contributed by atoms with Gasteiger partial charge in [-0.1, -0.05) is 0 Å². The molecule has 1 aromatic heterocycles. The fourth-order valence-electron chi connectivity index (χ4n) is 1.81. The number of thioether (sulfide) groups is 1. The van der Waals surface area contributed by atoms with E-state index in [0.717, 1.165) is 5.76 Å². The maximum absolute atomic E-state index is 11.8. The molecule has 0 radical (unpaired) electrons. The quantitative estimate of drug-likeness (QED) is 0.763. The van der Waals surface area contributed by atoms with E-state index in [1.54, 1.807) is 24.2 Å². The second kappa shape index (κ2) is 5.95. The highest BCUT2D eigenvalue weighted by Crippen LogP contribution is 2.38. The van der Waals surface area contributed by atoms with Crippen LogP contribution in [0, 0.1) is 0 Å². The lowest BCUT2D eigenvalue weighted by Gasteiger charge is -2.21. The van der Waals surface area contributed by atoms with Crippen LogP contribution in [0.3, 0.4) is 0 Å². The van der Waals surface area contributed by atoms with Gasteiger partial charge < -0.3 is 14.1 Å². The van der Waals surface area contributed by atoms with E-state index >= 15 is 0 Å². The number of nitrogens with zero attached hydrogens (tertiary/aromatic N) is 1. The normalized spacial score (nSPS) is 19.3. The second-order valence-electron chi connectivity index (χ2n) is 3.82. The average Bonchev–Trinajstić information content (AvgIpc) is 2.96. The molecule has 2 rings (SSSR count). The van der Waals surface area contributed by atoms with Gasteiger partial charge in [0.15, 0.2) is 0 Å². The highest BCUT2D eigenvalue weighted by Gasteiger charge is 2.34. The number of hydrogen-bond acceptors (Lipinski definition) is 5. The summed E-state index contributed by atoms with van der Waals surface area (Å²) in [6.45, 7) is 2.50. The Morgan fingerprint density at radius 1 is 1.67 bits per heavy atom. The third-order valence-corrected chi connectivity index (χ3v) is 3.83. The van der Waals surface area contributed by atoms with E-state index in [9.17, 15) is 9.59 Å². The molecule has 1 atom stereocenters. The summed E-state index contributed by atoms with van der Waals surface area (Å²) in [4.78, 5) is 24.7. The van der Waals surface area contributed by atoms with E-state index in [1.165, 1.54) is 11.8 Å². The smallest absolute Gasteiger partial charge is 0.307 e. The van der Waals surface area contributed by atoms with Crippen LogP contribution in [0.25, 0.3) is 0 Å². The Hall–Kier alpha value is -1.43. The van der Waals surface area contributed by atoms with Crippen molar-refractivity contribution < 1.29 is 18.7 Å². The van der Waals surface area contributed by atoms with E-state index < -0.39 is 0 Å². The molecule has 0 aromatic carbocycles. The van der Waals surface area contributed by atoms with Crippen LogP contribution in [0.5, 0.6) is 0 Å². The van der Waals surface area contributed by atoms with Crippen LogP contribution >= 0.6 is 11.8 Å². The molecule has 1 unspecified atom stereocenters. The van der Waals surface area contributed by atoms with Crippen LogP contribution in [-0.2, 0) is 14.3 Å². The molecule has 6 heteroatoms. The highest BCUT2D eigenvalue weighted by molar-refractivity contribution is 8.00. The third kappa shape index (κ3) is 2.87. The van der Waals surface area contributed by atoms with Crippen LogP contribution in [0.4, 0.5) is 0 Å². The molecular formula is C12H15NO4S. The predicted molar refractivity (Wildman–Crippen MR) is 66.9 cm³/mol. The van der Waals surface area contributed by atoms with Gasteiger partial charge in [-0.2, -0.15) is 0 Å². The molecule has 1 aromatic rings. The van der Waals surface area contributed by atoms with E-state index in [1.807, 2.05) is 6.07 Å². The first-order valence-electron chi connectivity index (χ1n) is 5.82. The maximum atomic E-state index is 11.8. The van der Waals surface area contributed by atoms with Crippen molar-refractivity contribution in [1.82, 2.24) is 4.90 Å². The minimum Gasteiger partial charge on any atom is -0.466 e. The lowest BCUT2D eigenvalue weighted by atomic mass is 10.3. The molecule has 1 amide bonds. The summed E-state index contributed by atoms with van der Waals surface area (Å²) in [5.74, 6) is 0.926. The van der Waals surface area contributed by atoms with Crippen molar-refractivity contribution >= 4 is 23.6 Å². The Labute approximate surface area is 109 Å². The summed E-state index contributed by atoms with van der Waals surface area (Å²) in [6.07, 6.45) is 1.81. The number of carbonyl (C=O) groups excluding carboxylic acids is 2. The summed E-state index contributed by atoms with van der Waals surface area (Å²) in [7, 11) is 0. The number of hydrogen-bond donors (Lipinski definition) is 0. The van der Waals surface area contributed by atoms with E-state index in [0.29, 0.717) is 18.9 Å². The number of ether oxygens (including phenoxy) is 1. The minimum absolute atomic E-state index is 0.0331. The van der Waals surface area contributed by atoms with Crippen molar-refractivity contribution in [2.75, 3.05) is 18.9 Å². The average molecular weight is 269 g/mol. The molecule has 0 aliphatic carbocycles. The fourth-order valence-corrected chi connectivity index (χ4v) is 2.98. The predicted octanol–water partition coefficient (Wildman–Crippen LogP) is 1.81. The summed E-state index contributed by atoms with van der Waals surface area (Å²) in [5, 5.41) is -0.123. The second-order valence-corrected chi connectivity index (χ2v) is 4.89. The van der Waals surface area contributed by atoms with Crippen molar-refractivity contribution in [2.24, 2.45) is 0 Å². The van der Waals surface area contributed by atoms with Gasteiger partial charge in [-0.3, -0.25) is 9.59 Å². The van der Waals surface area contributed by atoms with Crippen LogP contribution < -0.4 is 0 Å².